The fourth-order valence-corrected chi connectivity index (χ4v) is 6.08. The van der Waals surface area contributed by atoms with Crippen molar-refractivity contribution in [2.24, 2.45) is 0 Å². The number of hydroxylamine groups is 2. The second kappa shape index (κ2) is 45.2. The van der Waals surface area contributed by atoms with Gasteiger partial charge in [-0.3, -0.25) is 39.1 Å². The van der Waals surface area contributed by atoms with Crippen LogP contribution >= 0.6 is 0 Å². The number of amides is 8. The second-order valence-corrected chi connectivity index (χ2v) is 16.1. The number of rotatable bonds is 45. The number of hydrogen-bond donors (Lipinski definition) is 8. The van der Waals surface area contributed by atoms with Gasteiger partial charge in [-0.25, -0.2) is 15.1 Å². The van der Waals surface area contributed by atoms with Gasteiger partial charge in [-0.15, -0.1) is 0 Å². The highest BCUT2D eigenvalue weighted by Gasteiger charge is 2.18. The van der Waals surface area contributed by atoms with Crippen molar-refractivity contribution in [2.45, 2.75) is 124 Å². The van der Waals surface area contributed by atoms with Crippen LogP contribution in [0, 0.1) is 0 Å². The third-order valence-corrected chi connectivity index (χ3v) is 9.82. The Labute approximate surface area is 409 Å². The Bertz CT molecular complexity index is 1420. The van der Waals surface area contributed by atoms with E-state index in [2.05, 4.69) is 49.4 Å². The summed E-state index contributed by atoms with van der Waals surface area (Å²) in [5, 5.41) is 16.6. The Kier molecular flexibility index (Phi) is 41.8. The number of nitrogens with zero attached hydrogens (tertiary/aromatic N) is 2. The molecule has 0 bridgehead atoms. The molecule has 0 aliphatic carbocycles. The Morgan fingerprint density at radius 3 is 1.23 bits per heavy atom. The van der Waals surface area contributed by atoms with Crippen LogP contribution in [-0.4, -0.2) is 169 Å². The molecule has 0 saturated carbocycles. The standard InChI is InChI=1S/C46H86N10O13/c1-6-68-53-25-16-17-33-69-54-38(2)21-29-55(30-26-50-42(60)18-10-7-13-22-47-39(3)57)45(63)66-36-34-65-35-37-67-46(64)56(31-27-51-43(61)19-11-8-14-23-48-40(4)58)32-28-52-44(62)20-12-9-15-24-49-41(5)59/h53-54H,2,6-37H2,1,3-5H3,(H,47,57)(H,48,58)(H,49,59)(H,50,60)(H,51,61)(H,52,62). The van der Waals surface area contributed by atoms with E-state index < -0.39 is 12.2 Å². The molecule has 0 spiro atoms. The molecular formula is C46H86N10O13. The van der Waals surface area contributed by atoms with Crippen molar-refractivity contribution < 1.29 is 62.2 Å². The SMILES string of the molecule is C=C(CCN(CCNC(=O)CCCCCNC(C)=O)C(=O)OCCOCCOC(=O)N(CCNC(=O)CCCCCNC(C)=O)CCNC(=O)CCCCCNC(C)=O)NOCCCCNOCC. The first-order chi connectivity index (χ1) is 33.2. The van der Waals surface area contributed by atoms with Gasteiger partial charge >= 0.3 is 12.2 Å². The summed E-state index contributed by atoms with van der Waals surface area (Å²) in [4.78, 5) is 110. The zero-order chi connectivity index (χ0) is 51.2. The van der Waals surface area contributed by atoms with Crippen LogP contribution in [0.3, 0.4) is 0 Å². The number of carbonyl (C=O) groups excluding carboxylic acids is 8. The van der Waals surface area contributed by atoms with Gasteiger partial charge in [0.25, 0.3) is 0 Å². The Morgan fingerprint density at radius 1 is 0.420 bits per heavy atom. The van der Waals surface area contributed by atoms with E-state index in [1.807, 2.05) is 6.92 Å². The van der Waals surface area contributed by atoms with Gasteiger partial charge in [0, 0.05) is 124 Å². The summed E-state index contributed by atoms with van der Waals surface area (Å²) in [6, 6.07) is 0. The molecule has 0 unspecified atom stereocenters. The molecule has 398 valence electrons. The molecule has 0 aromatic rings. The highest BCUT2D eigenvalue weighted by molar-refractivity contribution is 5.77. The van der Waals surface area contributed by atoms with Crippen LogP contribution in [0.5, 0.6) is 0 Å². The monoisotopic (exact) mass is 987 g/mol. The summed E-state index contributed by atoms with van der Waals surface area (Å²) >= 11 is 0. The fourth-order valence-electron chi connectivity index (χ4n) is 6.08. The van der Waals surface area contributed by atoms with Gasteiger partial charge in [0.15, 0.2) is 0 Å². The average Bonchev–Trinajstić information content (AvgIpc) is 3.30. The van der Waals surface area contributed by atoms with E-state index in [9.17, 15) is 38.4 Å². The van der Waals surface area contributed by atoms with Crippen LogP contribution in [0.4, 0.5) is 9.59 Å². The van der Waals surface area contributed by atoms with Crippen LogP contribution in [0.1, 0.15) is 124 Å². The average molecular weight is 987 g/mol. The number of carbonyl (C=O) groups is 8. The molecule has 0 saturated heterocycles. The summed E-state index contributed by atoms with van der Waals surface area (Å²) in [5.41, 5.74) is 6.22. The first kappa shape index (κ1) is 63.7. The zero-order valence-corrected chi connectivity index (χ0v) is 42.0. The molecule has 0 heterocycles. The quantitative estimate of drug-likeness (QED) is 0.0320. The van der Waals surface area contributed by atoms with Crippen molar-refractivity contribution in [2.75, 3.05) is 112 Å². The molecule has 0 rings (SSSR count). The zero-order valence-electron chi connectivity index (χ0n) is 42.0. The fraction of sp³-hybridized carbons (Fsp3) is 0.783. The molecule has 0 fully saturated rings. The topological polar surface area (TPSA) is 285 Å². The van der Waals surface area contributed by atoms with E-state index in [0.29, 0.717) is 90.0 Å². The van der Waals surface area contributed by atoms with Crippen LogP contribution in [0.15, 0.2) is 12.3 Å². The van der Waals surface area contributed by atoms with Crippen molar-refractivity contribution in [3.8, 4) is 0 Å². The highest BCUT2D eigenvalue weighted by atomic mass is 16.6. The van der Waals surface area contributed by atoms with Gasteiger partial charge in [0.1, 0.15) is 13.2 Å². The number of unbranched alkanes of at least 4 members (excludes halogenated alkanes) is 7. The maximum atomic E-state index is 13.1. The van der Waals surface area contributed by atoms with Gasteiger partial charge in [0.2, 0.25) is 35.4 Å². The second-order valence-electron chi connectivity index (χ2n) is 16.1. The normalized spacial score (nSPS) is 10.6. The lowest BCUT2D eigenvalue weighted by atomic mass is 10.2. The van der Waals surface area contributed by atoms with Crippen LogP contribution in [-0.2, 0) is 52.7 Å². The maximum absolute atomic E-state index is 13.1. The Balaban J connectivity index is 4.98. The minimum atomic E-state index is -0.662. The molecule has 0 atom stereocenters. The first-order valence-electron chi connectivity index (χ1n) is 24.6. The van der Waals surface area contributed by atoms with Gasteiger partial charge in [0.05, 0.1) is 26.4 Å². The predicted molar refractivity (Wildman–Crippen MR) is 259 cm³/mol. The smallest absolute Gasteiger partial charge is 0.409 e. The summed E-state index contributed by atoms with van der Waals surface area (Å²) in [7, 11) is 0. The van der Waals surface area contributed by atoms with Crippen molar-refractivity contribution in [1.29, 1.82) is 0 Å². The van der Waals surface area contributed by atoms with E-state index >= 15 is 0 Å². The lowest BCUT2D eigenvalue weighted by Crippen LogP contribution is -2.43. The largest absolute Gasteiger partial charge is 0.447 e. The third-order valence-electron chi connectivity index (χ3n) is 9.82. The molecule has 0 aliphatic rings. The van der Waals surface area contributed by atoms with Crippen LogP contribution in [0.25, 0.3) is 0 Å². The Morgan fingerprint density at radius 2 is 0.826 bits per heavy atom. The van der Waals surface area contributed by atoms with Gasteiger partial charge in [-0.2, -0.15) is 0 Å². The van der Waals surface area contributed by atoms with Crippen molar-refractivity contribution >= 4 is 47.6 Å². The molecule has 0 radical (unpaired) electrons. The summed E-state index contributed by atoms with van der Waals surface area (Å²) in [5.74, 6) is -0.763. The summed E-state index contributed by atoms with van der Waals surface area (Å²) < 4.78 is 16.5. The molecule has 0 aliphatic heterocycles. The van der Waals surface area contributed by atoms with E-state index in [0.717, 1.165) is 51.4 Å². The molecule has 0 aromatic heterocycles. The van der Waals surface area contributed by atoms with Gasteiger partial charge < -0.3 is 60.7 Å². The van der Waals surface area contributed by atoms with Crippen molar-refractivity contribution in [1.82, 2.24) is 52.7 Å². The molecule has 69 heavy (non-hydrogen) atoms. The third kappa shape index (κ3) is 43.7. The molecule has 23 heteroatoms. The van der Waals surface area contributed by atoms with Crippen molar-refractivity contribution in [3.05, 3.63) is 12.3 Å². The summed E-state index contributed by atoms with van der Waals surface area (Å²) in [6.45, 7) is 14.7. The van der Waals surface area contributed by atoms with E-state index in [1.165, 1.54) is 30.6 Å². The molecule has 8 N–H and O–H groups in total. The predicted octanol–water partition coefficient (Wildman–Crippen LogP) is 2.06. The lowest BCUT2D eigenvalue weighted by Gasteiger charge is -2.23. The van der Waals surface area contributed by atoms with E-state index in [1.54, 1.807) is 0 Å². The van der Waals surface area contributed by atoms with Crippen molar-refractivity contribution in [3.63, 3.8) is 0 Å². The van der Waals surface area contributed by atoms with E-state index in [4.69, 9.17) is 23.9 Å². The first-order valence-corrected chi connectivity index (χ1v) is 24.6. The maximum Gasteiger partial charge on any atom is 0.409 e. The van der Waals surface area contributed by atoms with Gasteiger partial charge in [-0.05, 0) is 58.3 Å². The number of ether oxygens (including phenoxy) is 3. The number of nitrogens with one attached hydrogen (secondary N) is 8. The van der Waals surface area contributed by atoms with Crippen LogP contribution in [0.2, 0.25) is 0 Å². The number of hydrogen-bond acceptors (Lipinski definition) is 15. The molecule has 8 amide bonds. The molecule has 23 nitrogen and oxygen atoms in total. The lowest BCUT2D eigenvalue weighted by molar-refractivity contribution is -0.122. The molecule has 0 aromatic carbocycles. The summed E-state index contributed by atoms with van der Waals surface area (Å²) in [6.07, 6.45) is 8.24. The van der Waals surface area contributed by atoms with Gasteiger partial charge in [-0.1, -0.05) is 25.8 Å². The molecular weight excluding hydrogens is 901 g/mol. The van der Waals surface area contributed by atoms with Crippen LogP contribution < -0.4 is 42.9 Å². The minimum Gasteiger partial charge on any atom is -0.447 e. The Hall–Kier alpha value is -5.26. The van der Waals surface area contributed by atoms with E-state index in [-0.39, 0.29) is 108 Å². The highest BCUT2D eigenvalue weighted by Crippen LogP contribution is 2.05. The minimum absolute atomic E-state index is 0.00594.